The van der Waals surface area contributed by atoms with Crippen molar-refractivity contribution in [1.82, 2.24) is 10.2 Å². The Kier molecular flexibility index (Phi) is 4.53. The predicted molar refractivity (Wildman–Crippen MR) is 68.8 cm³/mol. The second-order valence-electron chi connectivity index (χ2n) is 4.62. The Labute approximate surface area is 102 Å². The van der Waals surface area contributed by atoms with Gasteiger partial charge >= 0.3 is 0 Å². The fourth-order valence-electron chi connectivity index (χ4n) is 2.69. The number of hydrogen-bond acceptors (Lipinski definition) is 3. The van der Waals surface area contributed by atoms with Crippen LogP contribution in [0.15, 0.2) is 0 Å². The Morgan fingerprint density at radius 3 is 2.69 bits per heavy atom. The van der Waals surface area contributed by atoms with Gasteiger partial charge in [-0.1, -0.05) is 0 Å². The van der Waals surface area contributed by atoms with Crippen LogP contribution in [0.4, 0.5) is 0 Å². The molecule has 0 aromatic carbocycles. The molecule has 1 N–H and O–H groups in total. The molecule has 0 spiro atoms. The van der Waals surface area contributed by atoms with Gasteiger partial charge in [0.2, 0.25) is 5.91 Å². The van der Waals surface area contributed by atoms with Crippen molar-refractivity contribution in [3.8, 4) is 0 Å². The normalized spacial score (nSPS) is 26.9. The fraction of sp³-hybridized carbons (Fsp3) is 0.917. The maximum atomic E-state index is 12.3. The number of nitrogens with zero attached hydrogens (tertiary/aromatic N) is 1. The molecule has 4 heteroatoms. The van der Waals surface area contributed by atoms with Gasteiger partial charge in [-0.2, -0.15) is 11.8 Å². The van der Waals surface area contributed by atoms with E-state index in [9.17, 15) is 4.79 Å². The van der Waals surface area contributed by atoms with Gasteiger partial charge in [-0.05, 0) is 50.7 Å². The summed E-state index contributed by atoms with van der Waals surface area (Å²) in [5.41, 5.74) is 0. The van der Waals surface area contributed by atoms with Crippen molar-refractivity contribution in [3.63, 3.8) is 0 Å². The van der Waals surface area contributed by atoms with Crippen LogP contribution >= 0.6 is 11.8 Å². The zero-order valence-electron chi connectivity index (χ0n) is 10.1. The molecule has 2 aliphatic rings. The largest absolute Gasteiger partial charge is 0.339 e. The number of carbonyl (C=O) groups is 1. The molecule has 2 rings (SSSR count). The number of carbonyl (C=O) groups excluding carboxylic acids is 1. The lowest BCUT2D eigenvalue weighted by atomic mass is 10.1. The summed E-state index contributed by atoms with van der Waals surface area (Å²) in [5, 5.41) is 3.31. The minimum atomic E-state index is 0.106. The van der Waals surface area contributed by atoms with Crippen LogP contribution in [0.2, 0.25) is 0 Å². The first kappa shape index (κ1) is 12.2. The van der Waals surface area contributed by atoms with Crippen molar-refractivity contribution < 1.29 is 4.79 Å². The molecule has 0 aliphatic carbocycles. The third kappa shape index (κ3) is 2.72. The monoisotopic (exact) mass is 242 g/mol. The highest BCUT2D eigenvalue weighted by atomic mass is 32.2. The molecule has 1 amide bonds. The van der Waals surface area contributed by atoms with E-state index in [0.29, 0.717) is 11.9 Å². The molecule has 3 nitrogen and oxygen atoms in total. The van der Waals surface area contributed by atoms with E-state index in [-0.39, 0.29) is 6.04 Å². The molecule has 2 saturated heterocycles. The highest BCUT2D eigenvalue weighted by molar-refractivity contribution is 7.99. The maximum absolute atomic E-state index is 12.3. The lowest BCUT2D eigenvalue weighted by Gasteiger charge is -2.35. The zero-order valence-corrected chi connectivity index (χ0v) is 10.9. The number of rotatable bonds is 3. The average Bonchev–Trinajstić information content (AvgIpc) is 2.85. The summed E-state index contributed by atoms with van der Waals surface area (Å²) in [6.07, 6.45) is 4.53. The Morgan fingerprint density at radius 1 is 1.38 bits per heavy atom. The van der Waals surface area contributed by atoms with Crippen molar-refractivity contribution in [2.24, 2.45) is 0 Å². The van der Waals surface area contributed by atoms with Crippen LogP contribution in [0.5, 0.6) is 0 Å². The number of thioether (sulfide) groups is 1. The van der Waals surface area contributed by atoms with E-state index in [0.717, 1.165) is 25.9 Å². The quantitative estimate of drug-likeness (QED) is 0.813. The van der Waals surface area contributed by atoms with Crippen molar-refractivity contribution >= 4 is 17.7 Å². The predicted octanol–water partition coefficient (Wildman–Crippen LogP) is 1.48. The molecule has 0 aromatic heterocycles. The molecule has 2 fully saturated rings. The first-order chi connectivity index (χ1) is 7.83. The van der Waals surface area contributed by atoms with E-state index in [2.05, 4.69) is 17.1 Å². The van der Waals surface area contributed by atoms with Crippen molar-refractivity contribution in [2.45, 2.75) is 44.7 Å². The maximum Gasteiger partial charge on any atom is 0.239 e. The van der Waals surface area contributed by atoms with Gasteiger partial charge in [-0.3, -0.25) is 4.79 Å². The summed E-state index contributed by atoms with van der Waals surface area (Å²) in [6.45, 7) is 3.98. The third-order valence-electron chi connectivity index (χ3n) is 3.61. The lowest BCUT2D eigenvalue weighted by molar-refractivity contribution is -0.135. The molecule has 2 heterocycles. The summed E-state index contributed by atoms with van der Waals surface area (Å²) in [6, 6.07) is 0.607. The third-order valence-corrected chi connectivity index (χ3v) is 4.66. The topological polar surface area (TPSA) is 32.3 Å². The minimum absolute atomic E-state index is 0.106. The zero-order chi connectivity index (χ0) is 11.4. The number of likely N-dealkylation sites (N-methyl/N-ethyl adjacent to an activating group) is 1. The molecular formula is C12H22N2OS. The van der Waals surface area contributed by atoms with E-state index in [1.165, 1.54) is 24.3 Å². The lowest BCUT2D eigenvalue weighted by Crippen LogP contribution is -2.49. The fourth-order valence-corrected chi connectivity index (χ4v) is 3.77. The van der Waals surface area contributed by atoms with Gasteiger partial charge in [0.05, 0.1) is 6.04 Å². The summed E-state index contributed by atoms with van der Waals surface area (Å²) < 4.78 is 0. The molecule has 2 aliphatic heterocycles. The van der Waals surface area contributed by atoms with Crippen molar-refractivity contribution in [2.75, 3.05) is 24.6 Å². The molecule has 0 aromatic rings. The highest BCUT2D eigenvalue weighted by Gasteiger charge is 2.30. The van der Waals surface area contributed by atoms with Gasteiger partial charge in [0.15, 0.2) is 0 Å². The minimum Gasteiger partial charge on any atom is -0.339 e. The molecule has 0 unspecified atom stereocenters. The molecule has 0 saturated carbocycles. The van der Waals surface area contributed by atoms with Crippen molar-refractivity contribution in [3.05, 3.63) is 0 Å². The smallest absolute Gasteiger partial charge is 0.239 e. The van der Waals surface area contributed by atoms with Gasteiger partial charge in [0.1, 0.15) is 0 Å². The van der Waals surface area contributed by atoms with Crippen LogP contribution in [0.25, 0.3) is 0 Å². The van der Waals surface area contributed by atoms with Crippen LogP contribution in [0.3, 0.4) is 0 Å². The summed E-state index contributed by atoms with van der Waals surface area (Å²) in [7, 11) is 0. The van der Waals surface area contributed by atoms with Crippen molar-refractivity contribution in [1.29, 1.82) is 0 Å². The Balaban J connectivity index is 1.94. The Bertz CT molecular complexity index is 235. The number of nitrogens with one attached hydrogen (secondary N) is 1. The first-order valence-corrected chi connectivity index (χ1v) is 7.60. The molecule has 1 atom stereocenters. The number of amides is 1. The molecule has 0 bridgehead atoms. The Morgan fingerprint density at radius 2 is 2.12 bits per heavy atom. The molecule has 0 radical (unpaired) electrons. The van der Waals surface area contributed by atoms with Crippen LogP contribution in [-0.4, -0.2) is 47.5 Å². The molecular weight excluding hydrogens is 220 g/mol. The summed E-state index contributed by atoms with van der Waals surface area (Å²) in [5.74, 6) is 2.77. The van der Waals surface area contributed by atoms with E-state index < -0.39 is 0 Å². The molecule has 92 valence electrons. The second kappa shape index (κ2) is 5.92. The molecule has 16 heavy (non-hydrogen) atoms. The van der Waals surface area contributed by atoms with Crippen LogP contribution in [0.1, 0.15) is 32.6 Å². The van der Waals surface area contributed by atoms with Gasteiger partial charge < -0.3 is 10.2 Å². The van der Waals surface area contributed by atoms with Crippen LogP contribution in [-0.2, 0) is 4.79 Å². The van der Waals surface area contributed by atoms with E-state index in [1.807, 2.05) is 11.8 Å². The van der Waals surface area contributed by atoms with Gasteiger partial charge in [-0.15, -0.1) is 0 Å². The van der Waals surface area contributed by atoms with Gasteiger partial charge in [0.25, 0.3) is 0 Å². The van der Waals surface area contributed by atoms with Crippen LogP contribution in [0, 0.1) is 0 Å². The van der Waals surface area contributed by atoms with E-state index in [1.54, 1.807) is 0 Å². The SMILES string of the molecule is CCN(C(=O)[C@H]1CCCN1)C1CCSCC1. The summed E-state index contributed by atoms with van der Waals surface area (Å²) >= 11 is 2.02. The van der Waals surface area contributed by atoms with Gasteiger partial charge in [0, 0.05) is 12.6 Å². The standard InChI is InChI=1S/C12H22N2OS/c1-2-14(10-5-8-16-9-6-10)12(15)11-4-3-7-13-11/h10-11,13H,2-9H2,1H3/t11-/m1/s1. The highest BCUT2D eigenvalue weighted by Crippen LogP contribution is 2.23. The average molecular weight is 242 g/mol. The number of hydrogen-bond donors (Lipinski definition) is 1. The van der Waals surface area contributed by atoms with Crippen LogP contribution < -0.4 is 5.32 Å². The van der Waals surface area contributed by atoms with E-state index in [4.69, 9.17) is 0 Å². The summed E-state index contributed by atoms with van der Waals surface area (Å²) in [4.78, 5) is 14.4. The van der Waals surface area contributed by atoms with Gasteiger partial charge in [-0.25, -0.2) is 0 Å². The first-order valence-electron chi connectivity index (χ1n) is 6.44. The second-order valence-corrected chi connectivity index (χ2v) is 5.84. The Hall–Kier alpha value is -0.220. The van der Waals surface area contributed by atoms with E-state index >= 15 is 0 Å².